The van der Waals surface area contributed by atoms with Crippen LogP contribution in [0.2, 0.25) is 0 Å². The van der Waals surface area contributed by atoms with Crippen LogP contribution in [0.15, 0.2) is 146 Å². The predicted molar refractivity (Wildman–Crippen MR) is 281 cm³/mol. The van der Waals surface area contributed by atoms with E-state index < -0.39 is 11.6 Å². The predicted octanol–water partition coefficient (Wildman–Crippen LogP) is 17.4. The summed E-state index contributed by atoms with van der Waals surface area (Å²) < 4.78 is 38.4. The van der Waals surface area contributed by atoms with Crippen molar-refractivity contribution < 1.29 is 34.6 Å². The number of para-hydroxylation sites is 3. The molecule has 1 aliphatic heterocycles. The van der Waals surface area contributed by atoms with Gasteiger partial charge >= 0.3 is 0 Å². The number of aromatic nitrogens is 2. The molecule has 1 aliphatic rings. The maximum atomic E-state index is 14.7. The zero-order valence-corrected chi connectivity index (χ0v) is 43.6. The second-order valence-electron chi connectivity index (χ2n) is 20.9. The van der Waals surface area contributed by atoms with E-state index in [1.165, 1.54) is 23.3 Å². The van der Waals surface area contributed by atoms with Crippen molar-refractivity contribution in [2.45, 2.75) is 91.9 Å². The SMILES string of the molecule is CC(C)c1cc(-c2cc(F)cc(F)c2)cc(C(C)C)c1N1[CH-]N(c2[c-]c(Oc3[c-]c4c(cc3)c3ccccc3n4-c3ccccn3)cc(-c3ccc(C(C)(C)C)cc3C(C)(C)C)c2)c2ccccc21.[Pt]. The number of rotatable bonds is 9. The molecule has 5 nitrogen and oxygen atoms in total. The molecule has 9 aromatic rings. The summed E-state index contributed by atoms with van der Waals surface area (Å²) in [7, 11) is 0. The molecule has 0 spiro atoms. The maximum absolute atomic E-state index is 14.7. The van der Waals surface area contributed by atoms with E-state index in [-0.39, 0.29) is 43.7 Å². The molecule has 0 saturated heterocycles. The van der Waals surface area contributed by atoms with E-state index in [1.807, 2.05) is 36.5 Å². The van der Waals surface area contributed by atoms with E-state index >= 15 is 0 Å². The van der Waals surface area contributed by atoms with Crippen molar-refractivity contribution in [1.82, 2.24) is 9.55 Å². The summed E-state index contributed by atoms with van der Waals surface area (Å²) in [5.41, 5.74) is 13.5. The Morgan fingerprint density at radius 1 is 0.586 bits per heavy atom. The zero-order chi connectivity index (χ0) is 48.5. The van der Waals surface area contributed by atoms with E-state index in [4.69, 9.17) is 9.72 Å². The molecule has 0 atom stereocenters. The Morgan fingerprint density at radius 2 is 1.23 bits per heavy atom. The molecule has 0 unspecified atom stereocenters. The summed E-state index contributed by atoms with van der Waals surface area (Å²) in [5, 5.41) is 2.16. The minimum atomic E-state index is -0.601. The van der Waals surface area contributed by atoms with Crippen LogP contribution in [0.3, 0.4) is 0 Å². The third kappa shape index (κ3) is 9.05. The minimum absolute atomic E-state index is 0. The number of pyridine rings is 1. The molecular weight excluding hydrogens is 1050 g/mol. The normalized spacial score (nSPS) is 12.9. The average Bonchev–Trinajstić information content (AvgIpc) is 3.86. The fourth-order valence-corrected chi connectivity index (χ4v) is 9.74. The van der Waals surface area contributed by atoms with Gasteiger partial charge in [-0.1, -0.05) is 129 Å². The molecule has 358 valence electrons. The van der Waals surface area contributed by atoms with E-state index in [2.05, 4.69) is 193 Å². The van der Waals surface area contributed by atoms with Gasteiger partial charge in [0.05, 0.1) is 0 Å². The molecule has 0 amide bonds. The third-order valence-electron chi connectivity index (χ3n) is 13.2. The summed E-state index contributed by atoms with van der Waals surface area (Å²) in [6, 6.07) is 53.3. The van der Waals surface area contributed by atoms with Gasteiger partial charge in [0, 0.05) is 67.4 Å². The van der Waals surface area contributed by atoms with Gasteiger partial charge in [-0.05, 0) is 122 Å². The van der Waals surface area contributed by atoms with Crippen LogP contribution >= 0.6 is 0 Å². The molecule has 0 aliphatic carbocycles. The first-order valence-corrected chi connectivity index (χ1v) is 23.9. The van der Waals surface area contributed by atoms with Gasteiger partial charge in [-0.15, -0.1) is 53.6 Å². The summed E-state index contributed by atoms with van der Waals surface area (Å²) in [6.07, 6.45) is 1.81. The zero-order valence-electron chi connectivity index (χ0n) is 41.4. The Kier molecular flexibility index (Phi) is 12.9. The van der Waals surface area contributed by atoms with Gasteiger partial charge in [0.25, 0.3) is 0 Å². The first kappa shape index (κ1) is 48.5. The van der Waals surface area contributed by atoms with Gasteiger partial charge in [-0.2, -0.15) is 6.07 Å². The van der Waals surface area contributed by atoms with Gasteiger partial charge in [-0.3, -0.25) is 0 Å². The Morgan fingerprint density at radius 3 is 1.87 bits per heavy atom. The summed E-state index contributed by atoms with van der Waals surface area (Å²) >= 11 is 0. The number of ether oxygens (including phenoxy) is 1. The molecule has 70 heavy (non-hydrogen) atoms. The van der Waals surface area contributed by atoms with Gasteiger partial charge < -0.3 is 19.1 Å². The average molecular weight is 1110 g/mol. The molecule has 0 radical (unpaired) electrons. The van der Waals surface area contributed by atoms with E-state index in [0.29, 0.717) is 17.1 Å². The Hall–Kier alpha value is -6.56. The largest absolute Gasteiger partial charge is 0.509 e. The van der Waals surface area contributed by atoms with Gasteiger partial charge in [0.15, 0.2) is 0 Å². The van der Waals surface area contributed by atoms with Gasteiger partial charge in [-0.25, -0.2) is 13.8 Å². The molecule has 0 saturated carbocycles. The molecule has 8 heteroatoms. The van der Waals surface area contributed by atoms with Crippen molar-refractivity contribution in [2.24, 2.45) is 0 Å². The first-order chi connectivity index (χ1) is 32.9. The third-order valence-corrected chi connectivity index (χ3v) is 13.2. The number of anilines is 4. The molecule has 10 rings (SSSR count). The fraction of sp³-hybridized carbons (Fsp3) is 0.226. The van der Waals surface area contributed by atoms with Crippen molar-refractivity contribution in [3.8, 4) is 39.6 Å². The van der Waals surface area contributed by atoms with Crippen LogP contribution in [0, 0.1) is 30.4 Å². The maximum Gasteiger partial charge on any atom is 0.135 e. The smallest absolute Gasteiger partial charge is 0.135 e. The van der Waals surface area contributed by atoms with Crippen molar-refractivity contribution in [3.05, 3.63) is 198 Å². The quantitative estimate of drug-likeness (QED) is 0.135. The van der Waals surface area contributed by atoms with Crippen LogP contribution in [0.1, 0.15) is 103 Å². The van der Waals surface area contributed by atoms with Crippen molar-refractivity contribution in [1.29, 1.82) is 0 Å². The van der Waals surface area contributed by atoms with Crippen LogP contribution in [-0.4, -0.2) is 9.55 Å². The second-order valence-corrected chi connectivity index (χ2v) is 20.9. The number of fused-ring (bicyclic) bond motifs is 4. The monoisotopic (exact) mass is 1110 g/mol. The standard InChI is InChI=1S/C62H57F2N4O.Pt/c1-38(2)52-31-41(40-27-44(63)34-45(64)28-40)32-53(39(3)4)60(52)67-37-66(56-19-13-14-20-57(56)67)46-29-42(49-24-22-43(61(5,6)7)33-54(49)62(8,9)10)30-48(35-46)69-47-23-25-51-50-17-11-12-18-55(50)68(58(51)36-47)59-21-15-16-26-65-59;/h11-34,37-39H,1-10H3;/q-3;. The molecule has 7 aromatic carbocycles. The van der Waals surface area contributed by atoms with Crippen molar-refractivity contribution in [2.75, 3.05) is 9.80 Å². The molecule has 3 heterocycles. The number of benzene rings is 7. The summed E-state index contributed by atoms with van der Waals surface area (Å²) in [5.74, 6) is 0.852. The topological polar surface area (TPSA) is 33.5 Å². The van der Waals surface area contributed by atoms with Crippen LogP contribution < -0.4 is 14.5 Å². The Bertz CT molecular complexity index is 3370. The van der Waals surface area contributed by atoms with Crippen LogP contribution in [0.25, 0.3) is 49.9 Å². The van der Waals surface area contributed by atoms with E-state index in [9.17, 15) is 8.78 Å². The Balaban J connectivity index is 0.00000608. The van der Waals surface area contributed by atoms with Crippen molar-refractivity contribution in [3.63, 3.8) is 0 Å². The minimum Gasteiger partial charge on any atom is -0.509 e. The van der Waals surface area contributed by atoms with E-state index in [0.717, 1.165) is 84.3 Å². The number of hydrogen-bond donors (Lipinski definition) is 0. The fourth-order valence-electron chi connectivity index (χ4n) is 9.74. The van der Waals surface area contributed by atoms with Gasteiger partial charge in [0.1, 0.15) is 17.5 Å². The second kappa shape index (κ2) is 18.6. The molecule has 0 fully saturated rings. The van der Waals surface area contributed by atoms with Crippen LogP contribution in [0.4, 0.5) is 31.5 Å². The van der Waals surface area contributed by atoms with Crippen molar-refractivity contribution >= 4 is 44.6 Å². The summed E-state index contributed by atoms with van der Waals surface area (Å²) in [4.78, 5) is 9.21. The first-order valence-electron chi connectivity index (χ1n) is 23.9. The van der Waals surface area contributed by atoms with Crippen LogP contribution in [-0.2, 0) is 31.9 Å². The number of nitrogens with zero attached hydrogens (tertiary/aromatic N) is 4. The summed E-state index contributed by atoms with van der Waals surface area (Å²) in [6.45, 7) is 24.4. The number of hydrogen-bond acceptors (Lipinski definition) is 4. The Labute approximate surface area is 426 Å². The molecular formula is C62H57F2N4OPt-3. The molecule has 0 bridgehead atoms. The van der Waals surface area contributed by atoms with Crippen LogP contribution in [0.5, 0.6) is 11.5 Å². The number of halogens is 2. The molecule has 0 N–H and O–H groups in total. The van der Waals surface area contributed by atoms with E-state index in [1.54, 1.807) is 0 Å². The molecule has 2 aromatic heterocycles. The van der Waals surface area contributed by atoms with Gasteiger partial charge in [0.2, 0.25) is 0 Å².